The molecule has 0 aliphatic heterocycles. The maximum absolute atomic E-state index is 5.84. The van der Waals surface area contributed by atoms with Gasteiger partial charge in [-0.05, 0) is 56.8 Å². The van der Waals surface area contributed by atoms with E-state index in [9.17, 15) is 0 Å². The molecule has 1 N–H and O–H groups in total. The summed E-state index contributed by atoms with van der Waals surface area (Å²) >= 11 is 0. The molecule has 1 saturated carbocycles. The lowest BCUT2D eigenvalue weighted by molar-refractivity contribution is 0.302. The zero-order valence-corrected chi connectivity index (χ0v) is 11.7. The van der Waals surface area contributed by atoms with Crippen molar-refractivity contribution in [1.82, 2.24) is 5.32 Å². The third-order valence-electron chi connectivity index (χ3n) is 3.71. The van der Waals surface area contributed by atoms with Gasteiger partial charge in [0.1, 0.15) is 5.75 Å². The van der Waals surface area contributed by atoms with Gasteiger partial charge >= 0.3 is 0 Å². The van der Waals surface area contributed by atoms with Crippen LogP contribution >= 0.6 is 0 Å². The molecular formula is C16H25NO. The molecule has 1 aliphatic carbocycles. The largest absolute Gasteiger partial charge is 0.493 e. The lowest BCUT2D eigenvalue weighted by Gasteiger charge is -2.13. The quantitative estimate of drug-likeness (QED) is 0.775. The number of rotatable bonds is 6. The maximum Gasteiger partial charge on any atom is 0.122 e. The van der Waals surface area contributed by atoms with Crippen molar-refractivity contribution in [3.05, 3.63) is 29.3 Å². The summed E-state index contributed by atoms with van der Waals surface area (Å²) in [5.41, 5.74) is 2.49. The molecule has 100 valence electrons. The molecule has 1 fully saturated rings. The Morgan fingerprint density at radius 3 is 2.78 bits per heavy atom. The fourth-order valence-electron chi connectivity index (χ4n) is 2.55. The molecule has 0 spiro atoms. The van der Waals surface area contributed by atoms with Crippen molar-refractivity contribution in [3.8, 4) is 5.75 Å². The molecule has 1 aromatic rings. The summed E-state index contributed by atoms with van der Waals surface area (Å²) in [5.74, 6) is 1.04. The Morgan fingerprint density at radius 1 is 1.22 bits per heavy atom. The molecule has 2 nitrogen and oxygen atoms in total. The maximum atomic E-state index is 5.84. The number of benzene rings is 1. The van der Waals surface area contributed by atoms with Crippen molar-refractivity contribution in [2.75, 3.05) is 13.2 Å². The number of nitrogens with one attached hydrogen (secondary N) is 1. The summed E-state index contributed by atoms with van der Waals surface area (Å²) in [6, 6.07) is 7.15. The molecule has 0 unspecified atom stereocenters. The molecule has 0 heterocycles. The molecular weight excluding hydrogens is 222 g/mol. The predicted molar refractivity (Wildman–Crippen MR) is 76.3 cm³/mol. The Bertz CT molecular complexity index is 369. The van der Waals surface area contributed by atoms with E-state index < -0.39 is 0 Å². The number of hydrogen-bond donors (Lipinski definition) is 1. The minimum Gasteiger partial charge on any atom is -0.493 e. The van der Waals surface area contributed by atoms with Crippen LogP contribution in [0.15, 0.2) is 18.2 Å². The van der Waals surface area contributed by atoms with Crippen LogP contribution < -0.4 is 10.1 Å². The lowest BCUT2D eigenvalue weighted by atomic mass is 10.1. The zero-order valence-electron chi connectivity index (χ0n) is 11.7. The minimum atomic E-state index is 0.769. The molecule has 2 heteroatoms. The monoisotopic (exact) mass is 247 g/mol. The van der Waals surface area contributed by atoms with Gasteiger partial charge < -0.3 is 10.1 Å². The Balaban J connectivity index is 1.64. The van der Waals surface area contributed by atoms with Crippen molar-refractivity contribution >= 4 is 0 Å². The topological polar surface area (TPSA) is 21.3 Å². The van der Waals surface area contributed by atoms with Gasteiger partial charge in [-0.15, -0.1) is 0 Å². The van der Waals surface area contributed by atoms with E-state index in [0.29, 0.717) is 0 Å². The van der Waals surface area contributed by atoms with Gasteiger partial charge in [-0.1, -0.05) is 25.0 Å². The molecule has 1 aliphatic rings. The van der Waals surface area contributed by atoms with Crippen LogP contribution in [-0.4, -0.2) is 19.2 Å². The Kier molecular flexibility index (Phi) is 5.06. The van der Waals surface area contributed by atoms with Crippen molar-refractivity contribution in [1.29, 1.82) is 0 Å². The molecule has 0 radical (unpaired) electrons. The van der Waals surface area contributed by atoms with E-state index in [1.165, 1.54) is 36.8 Å². The van der Waals surface area contributed by atoms with Gasteiger partial charge in [-0.2, -0.15) is 0 Å². The number of aryl methyl sites for hydroxylation is 2. The van der Waals surface area contributed by atoms with E-state index in [1.54, 1.807) is 0 Å². The summed E-state index contributed by atoms with van der Waals surface area (Å²) in [6.07, 6.45) is 6.60. The van der Waals surface area contributed by atoms with Crippen molar-refractivity contribution < 1.29 is 4.74 Å². The van der Waals surface area contributed by atoms with Crippen LogP contribution in [-0.2, 0) is 0 Å². The van der Waals surface area contributed by atoms with Gasteiger partial charge in [0.05, 0.1) is 6.61 Å². The van der Waals surface area contributed by atoms with Crippen LogP contribution in [0.4, 0.5) is 0 Å². The molecule has 0 saturated heterocycles. The van der Waals surface area contributed by atoms with E-state index in [4.69, 9.17) is 4.74 Å². The first-order valence-electron chi connectivity index (χ1n) is 7.19. The van der Waals surface area contributed by atoms with Crippen LogP contribution in [0.3, 0.4) is 0 Å². The van der Waals surface area contributed by atoms with Crippen molar-refractivity contribution in [3.63, 3.8) is 0 Å². The van der Waals surface area contributed by atoms with Crippen LogP contribution in [0.5, 0.6) is 5.75 Å². The third-order valence-corrected chi connectivity index (χ3v) is 3.71. The Morgan fingerprint density at radius 2 is 2.00 bits per heavy atom. The van der Waals surface area contributed by atoms with E-state index in [-0.39, 0.29) is 0 Å². The fraction of sp³-hybridized carbons (Fsp3) is 0.625. The Hall–Kier alpha value is -1.02. The second kappa shape index (κ2) is 6.79. The molecule has 0 aromatic heterocycles. The first kappa shape index (κ1) is 13.4. The van der Waals surface area contributed by atoms with Crippen LogP contribution in [0.1, 0.15) is 43.2 Å². The lowest BCUT2D eigenvalue weighted by Crippen LogP contribution is -2.27. The molecule has 0 amide bonds. The van der Waals surface area contributed by atoms with Gasteiger partial charge in [0.2, 0.25) is 0 Å². The minimum absolute atomic E-state index is 0.769. The second-order valence-electron chi connectivity index (χ2n) is 5.41. The fourth-order valence-corrected chi connectivity index (χ4v) is 2.55. The van der Waals surface area contributed by atoms with Crippen molar-refractivity contribution in [2.24, 2.45) is 0 Å². The first-order chi connectivity index (χ1) is 8.75. The van der Waals surface area contributed by atoms with Gasteiger partial charge in [0.25, 0.3) is 0 Å². The predicted octanol–water partition coefficient (Wildman–Crippen LogP) is 3.60. The second-order valence-corrected chi connectivity index (χ2v) is 5.41. The van der Waals surface area contributed by atoms with Gasteiger partial charge in [-0.25, -0.2) is 0 Å². The average molecular weight is 247 g/mol. The molecule has 18 heavy (non-hydrogen) atoms. The first-order valence-corrected chi connectivity index (χ1v) is 7.19. The van der Waals surface area contributed by atoms with E-state index in [0.717, 1.165) is 31.4 Å². The normalized spacial score (nSPS) is 16.1. The number of hydrogen-bond acceptors (Lipinski definition) is 2. The molecule has 0 bridgehead atoms. The van der Waals surface area contributed by atoms with Gasteiger partial charge in [-0.3, -0.25) is 0 Å². The van der Waals surface area contributed by atoms with Gasteiger partial charge in [0.15, 0.2) is 0 Å². The van der Waals surface area contributed by atoms with E-state index in [2.05, 4.69) is 37.4 Å². The highest BCUT2D eigenvalue weighted by atomic mass is 16.5. The summed E-state index contributed by atoms with van der Waals surface area (Å²) < 4.78 is 5.84. The SMILES string of the molecule is Cc1ccc(C)c(OCCCNC2CCCC2)c1. The highest BCUT2D eigenvalue weighted by molar-refractivity contribution is 5.35. The van der Waals surface area contributed by atoms with Crippen LogP contribution in [0, 0.1) is 13.8 Å². The smallest absolute Gasteiger partial charge is 0.122 e. The zero-order chi connectivity index (χ0) is 12.8. The molecule has 1 aromatic carbocycles. The number of ether oxygens (including phenoxy) is 1. The average Bonchev–Trinajstić information content (AvgIpc) is 2.86. The summed E-state index contributed by atoms with van der Waals surface area (Å²) in [6.45, 7) is 6.10. The summed E-state index contributed by atoms with van der Waals surface area (Å²) in [4.78, 5) is 0. The molecule has 0 atom stereocenters. The third kappa shape index (κ3) is 4.02. The van der Waals surface area contributed by atoms with E-state index >= 15 is 0 Å². The standard InChI is InChI=1S/C16H25NO/c1-13-8-9-14(2)16(12-13)18-11-5-10-17-15-6-3-4-7-15/h8-9,12,15,17H,3-7,10-11H2,1-2H3. The highest BCUT2D eigenvalue weighted by Gasteiger charge is 2.13. The summed E-state index contributed by atoms with van der Waals surface area (Å²) in [7, 11) is 0. The molecule has 2 rings (SSSR count). The van der Waals surface area contributed by atoms with E-state index in [1.807, 2.05) is 0 Å². The van der Waals surface area contributed by atoms with Crippen LogP contribution in [0.25, 0.3) is 0 Å². The summed E-state index contributed by atoms with van der Waals surface area (Å²) in [5, 5.41) is 3.61. The van der Waals surface area contributed by atoms with Gasteiger partial charge in [0, 0.05) is 6.04 Å². The van der Waals surface area contributed by atoms with Crippen LogP contribution in [0.2, 0.25) is 0 Å². The highest BCUT2D eigenvalue weighted by Crippen LogP contribution is 2.19. The Labute approximate surface area is 111 Å². The van der Waals surface area contributed by atoms with Crippen molar-refractivity contribution in [2.45, 2.75) is 52.0 Å².